The molecule has 2 N–H and O–H groups in total. The van der Waals surface area contributed by atoms with E-state index in [9.17, 15) is 0 Å². The Balaban J connectivity index is 0.00000289. The lowest BCUT2D eigenvalue weighted by Gasteiger charge is -2.39. The van der Waals surface area contributed by atoms with Gasteiger partial charge in [0.1, 0.15) is 5.82 Å². The number of rotatable bonds is 9. The summed E-state index contributed by atoms with van der Waals surface area (Å²) in [6.07, 6.45) is 11.2. The second-order valence-electron chi connectivity index (χ2n) is 8.99. The first-order valence-electron chi connectivity index (χ1n) is 12.0. The van der Waals surface area contributed by atoms with Crippen LogP contribution in [0.5, 0.6) is 0 Å². The van der Waals surface area contributed by atoms with Crippen molar-refractivity contribution in [1.29, 1.82) is 0 Å². The third-order valence-corrected chi connectivity index (χ3v) is 6.78. The molecule has 2 aliphatic rings. The molecule has 0 spiro atoms. The summed E-state index contributed by atoms with van der Waals surface area (Å²) in [5.74, 6) is 2.08. The van der Waals surface area contributed by atoms with Crippen LogP contribution in [-0.2, 0) is 13.1 Å². The summed E-state index contributed by atoms with van der Waals surface area (Å²) in [6.45, 7) is 8.08. The van der Waals surface area contributed by atoms with Crippen LogP contribution in [0.3, 0.4) is 0 Å². The number of aliphatic imine (C=N–C) groups is 1. The smallest absolute Gasteiger partial charge is 0.191 e. The van der Waals surface area contributed by atoms with Crippen molar-refractivity contribution in [3.63, 3.8) is 0 Å². The van der Waals surface area contributed by atoms with Gasteiger partial charge in [-0.3, -0.25) is 9.89 Å². The minimum absolute atomic E-state index is 0. The number of guanidine groups is 1. The Morgan fingerprint density at radius 1 is 1.12 bits per heavy atom. The summed E-state index contributed by atoms with van der Waals surface area (Å²) in [5.41, 5.74) is 1.44. The van der Waals surface area contributed by atoms with Gasteiger partial charge >= 0.3 is 0 Å². The van der Waals surface area contributed by atoms with Crippen LogP contribution >= 0.6 is 24.0 Å². The molecule has 1 aromatic heterocycles. The van der Waals surface area contributed by atoms with Crippen molar-refractivity contribution in [2.75, 3.05) is 13.1 Å². The van der Waals surface area contributed by atoms with Crippen LogP contribution in [0.15, 0.2) is 47.7 Å². The molecule has 32 heavy (non-hydrogen) atoms. The highest BCUT2D eigenvalue weighted by Gasteiger charge is 2.40. The number of nitrogens with zero attached hydrogens (tertiary/aromatic N) is 4. The average Bonchev–Trinajstić information content (AvgIpc) is 3.27. The van der Waals surface area contributed by atoms with E-state index >= 15 is 0 Å². The summed E-state index contributed by atoms with van der Waals surface area (Å²) in [6, 6.07) is 12.8. The standard InChI is InChI=1S/C25H38N6.HI/c1-3-26-25(28-13-7-8-15-30-16-14-27-20(30)2)29-22-17-23-11-12-24(18-22)31(23)19-21-9-5-4-6-10-21;/h4-6,9-10,14,16,22-24H,3,7-8,11-13,15,17-19H2,1-2H3,(H2,26,28,29);1H. The Kier molecular flexibility index (Phi) is 9.84. The molecule has 0 aliphatic carbocycles. The SMILES string of the molecule is CCNC(=NCCCCn1ccnc1C)NC1CC2CCC(C1)N2Cc1ccccc1.I. The quantitative estimate of drug-likeness (QED) is 0.211. The zero-order valence-electron chi connectivity index (χ0n) is 19.5. The number of piperidine rings is 1. The maximum Gasteiger partial charge on any atom is 0.191 e. The lowest BCUT2D eigenvalue weighted by atomic mass is 9.96. The van der Waals surface area contributed by atoms with Crippen LogP contribution in [0.25, 0.3) is 0 Å². The zero-order valence-corrected chi connectivity index (χ0v) is 21.9. The number of aromatic nitrogens is 2. The van der Waals surface area contributed by atoms with Crippen LogP contribution in [0.2, 0.25) is 0 Å². The predicted molar refractivity (Wildman–Crippen MR) is 143 cm³/mol. The van der Waals surface area contributed by atoms with Gasteiger partial charge < -0.3 is 15.2 Å². The number of benzene rings is 1. The fourth-order valence-corrected chi connectivity index (χ4v) is 5.18. The topological polar surface area (TPSA) is 57.5 Å². The predicted octanol–water partition coefficient (Wildman–Crippen LogP) is 4.34. The van der Waals surface area contributed by atoms with Crippen molar-refractivity contribution in [3.8, 4) is 0 Å². The molecule has 7 heteroatoms. The molecule has 2 unspecified atom stereocenters. The van der Waals surface area contributed by atoms with Crippen LogP contribution in [0, 0.1) is 6.92 Å². The second-order valence-corrected chi connectivity index (χ2v) is 8.99. The molecule has 2 bridgehead atoms. The molecular formula is C25H39IN6. The molecule has 176 valence electrons. The fraction of sp³-hybridized carbons (Fsp3) is 0.600. The van der Waals surface area contributed by atoms with Crippen molar-refractivity contribution in [3.05, 3.63) is 54.1 Å². The first kappa shape index (κ1) is 25.0. The monoisotopic (exact) mass is 550 g/mol. The number of fused-ring (bicyclic) bond motifs is 2. The molecule has 2 fully saturated rings. The van der Waals surface area contributed by atoms with Gasteiger partial charge in [0.15, 0.2) is 5.96 Å². The van der Waals surface area contributed by atoms with E-state index in [2.05, 4.69) is 75.5 Å². The third-order valence-electron chi connectivity index (χ3n) is 6.78. The molecule has 2 aromatic rings. The molecule has 6 nitrogen and oxygen atoms in total. The number of imidazole rings is 1. The van der Waals surface area contributed by atoms with Gasteiger partial charge in [0.2, 0.25) is 0 Å². The maximum absolute atomic E-state index is 4.86. The van der Waals surface area contributed by atoms with E-state index in [1.807, 2.05) is 6.20 Å². The minimum Gasteiger partial charge on any atom is -0.357 e. The van der Waals surface area contributed by atoms with E-state index in [0.29, 0.717) is 18.1 Å². The lowest BCUT2D eigenvalue weighted by molar-refractivity contribution is 0.114. The third kappa shape index (κ3) is 6.70. The number of nitrogens with one attached hydrogen (secondary N) is 2. The number of hydrogen-bond donors (Lipinski definition) is 2. The summed E-state index contributed by atoms with van der Waals surface area (Å²) >= 11 is 0. The van der Waals surface area contributed by atoms with Gasteiger partial charge in [-0.25, -0.2) is 4.98 Å². The Bertz CT molecular complexity index is 822. The number of halogens is 1. The molecule has 0 radical (unpaired) electrons. The van der Waals surface area contributed by atoms with Gasteiger partial charge in [-0.1, -0.05) is 30.3 Å². The average molecular weight is 551 g/mol. The van der Waals surface area contributed by atoms with Crippen molar-refractivity contribution in [2.24, 2.45) is 4.99 Å². The highest BCUT2D eigenvalue weighted by Crippen LogP contribution is 2.36. The van der Waals surface area contributed by atoms with E-state index in [-0.39, 0.29) is 24.0 Å². The van der Waals surface area contributed by atoms with Crippen molar-refractivity contribution >= 4 is 29.9 Å². The van der Waals surface area contributed by atoms with Gasteiger partial charge in [0, 0.05) is 56.7 Å². The van der Waals surface area contributed by atoms with Gasteiger partial charge in [-0.05, 0) is 57.9 Å². The summed E-state index contributed by atoms with van der Waals surface area (Å²) in [7, 11) is 0. The van der Waals surface area contributed by atoms with Gasteiger partial charge in [0.05, 0.1) is 0 Å². The Morgan fingerprint density at radius 3 is 2.53 bits per heavy atom. The lowest BCUT2D eigenvalue weighted by Crippen LogP contribution is -2.52. The largest absolute Gasteiger partial charge is 0.357 e. The molecule has 0 saturated carbocycles. The van der Waals surface area contributed by atoms with Gasteiger partial charge in [-0.2, -0.15) is 0 Å². The molecule has 0 amide bonds. The molecule has 3 heterocycles. The highest BCUT2D eigenvalue weighted by molar-refractivity contribution is 14.0. The molecule has 2 saturated heterocycles. The second kappa shape index (κ2) is 12.6. The van der Waals surface area contributed by atoms with E-state index in [1.165, 1.54) is 31.2 Å². The van der Waals surface area contributed by atoms with Crippen molar-refractivity contribution in [2.45, 2.75) is 83.6 Å². The highest BCUT2D eigenvalue weighted by atomic mass is 127. The summed E-state index contributed by atoms with van der Waals surface area (Å²) in [5, 5.41) is 7.21. The van der Waals surface area contributed by atoms with E-state index < -0.39 is 0 Å². The number of unbranched alkanes of at least 4 members (excludes halogenated alkanes) is 1. The summed E-state index contributed by atoms with van der Waals surface area (Å²) < 4.78 is 2.21. The first-order chi connectivity index (χ1) is 15.2. The molecular weight excluding hydrogens is 511 g/mol. The van der Waals surface area contributed by atoms with Crippen LogP contribution in [0.4, 0.5) is 0 Å². The molecule has 2 aliphatic heterocycles. The van der Waals surface area contributed by atoms with Gasteiger partial charge in [0.25, 0.3) is 0 Å². The Hall–Kier alpha value is -1.61. The zero-order chi connectivity index (χ0) is 21.5. The first-order valence-corrected chi connectivity index (χ1v) is 12.0. The van der Waals surface area contributed by atoms with E-state index in [0.717, 1.165) is 50.8 Å². The van der Waals surface area contributed by atoms with Crippen LogP contribution in [-0.4, -0.2) is 51.6 Å². The molecule has 4 rings (SSSR count). The minimum atomic E-state index is 0. The van der Waals surface area contributed by atoms with Crippen molar-refractivity contribution < 1.29 is 0 Å². The normalized spacial score (nSPS) is 23.1. The van der Waals surface area contributed by atoms with Crippen molar-refractivity contribution in [1.82, 2.24) is 25.1 Å². The van der Waals surface area contributed by atoms with Gasteiger partial charge in [-0.15, -0.1) is 24.0 Å². The Labute approximate surface area is 210 Å². The number of aryl methyl sites for hydroxylation is 2. The number of hydrogen-bond acceptors (Lipinski definition) is 3. The molecule has 2 atom stereocenters. The van der Waals surface area contributed by atoms with Crippen LogP contribution in [0.1, 0.15) is 56.8 Å². The summed E-state index contributed by atoms with van der Waals surface area (Å²) in [4.78, 5) is 11.9. The Morgan fingerprint density at radius 2 is 1.88 bits per heavy atom. The van der Waals surface area contributed by atoms with Crippen LogP contribution < -0.4 is 10.6 Å². The van der Waals surface area contributed by atoms with E-state index in [4.69, 9.17) is 4.99 Å². The van der Waals surface area contributed by atoms with E-state index in [1.54, 1.807) is 0 Å². The fourth-order valence-electron chi connectivity index (χ4n) is 5.18. The maximum atomic E-state index is 4.86. The molecule has 1 aromatic carbocycles.